The van der Waals surface area contributed by atoms with E-state index in [1.807, 2.05) is 0 Å². The topological polar surface area (TPSA) is 0 Å². The van der Waals surface area contributed by atoms with Gasteiger partial charge in [0.05, 0.1) is 14.6 Å². The normalized spacial score (nSPS) is 76.5. The number of fused-ring (bicyclic) bond motifs is 2. The number of alkyl halides is 6. The molecule has 0 radical (unpaired) electrons. The monoisotopic (exact) mass is 480 g/mol. The summed E-state index contributed by atoms with van der Waals surface area (Å²) in [5.41, 5.74) is 0. The summed E-state index contributed by atoms with van der Waals surface area (Å²) in [7, 11) is 0. The summed E-state index contributed by atoms with van der Waals surface area (Å²) in [6, 6.07) is 0. The van der Waals surface area contributed by atoms with Gasteiger partial charge in [-0.3, -0.25) is 0 Å². The minimum atomic E-state index is -0.813. The fraction of sp³-hybridized carbons (Fsp3) is 1.00. The van der Waals surface area contributed by atoms with Crippen molar-refractivity contribution >= 4 is 78.3 Å². The Labute approximate surface area is 155 Å². The van der Waals surface area contributed by atoms with Crippen molar-refractivity contribution in [3.8, 4) is 0 Å². The third-order valence-electron chi connectivity index (χ3n) is 7.31. The van der Waals surface area contributed by atoms with Crippen LogP contribution in [0.1, 0.15) is 25.7 Å². The van der Waals surface area contributed by atoms with Gasteiger partial charge in [0.15, 0.2) is 0 Å². The molecular formula is C14H14Br2Cl4. The molecule has 0 nitrogen and oxygen atoms in total. The van der Waals surface area contributed by atoms with Crippen molar-refractivity contribution < 1.29 is 0 Å². The van der Waals surface area contributed by atoms with Gasteiger partial charge in [-0.1, -0.05) is 31.9 Å². The average Bonchev–Trinajstić information content (AvgIpc) is 2.39. The summed E-state index contributed by atoms with van der Waals surface area (Å²) in [5.74, 6) is 2.31. The fourth-order valence-corrected chi connectivity index (χ4v) is 12.1. The van der Waals surface area contributed by atoms with Crippen molar-refractivity contribution in [3.63, 3.8) is 0 Å². The van der Waals surface area contributed by atoms with Gasteiger partial charge in [-0.25, -0.2) is 0 Å². The van der Waals surface area contributed by atoms with E-state index in [1.165, 1.54) is 12.8 Å². The zero-order valence-corrected chi connectivity index (χ0v) is 16.8. The summed E-state index contributed by atoms with van der Waals surface area (Å²) in [6.45, 7) is 0. The lowest BCUT2D eigenvalue weighted by Gasteiger charge is -2.84. The number of hydrogen-bond acceptors (Lipinski definition) is 0. The molecule has 9 saturated carbocycles. The maximum Gasteiger partial charge on any atom is 0.140 e. The zero-order chi connectivity index (χ0) is 14.3. The first-order chi connectivity index (χ1) is 9.22. The maximum atomic E-state index is 7.28. The second kappa shape index (κ2) is 3.69. The molecule has 0 aromatic heterocycles. The number of halogens is 6. The highest BCUT2D eigenvalue weighted by molar-refractivity contribution is 9.10. The molecule has 8 bridgehead atoms. The van der Waals surface area contributed by atoms with Crippen LogP contribution in [0, 0.1) is 29.6 Å². The second-order valence-electron chi connectivity index (χ2n) is 7.44. The lowest BCUT2D eigenvalue weighted by atomic mass is 9.31. The van der Waals surface area contributed by atoms with E-state index in [0.717, 1.165) is 12.8 Å². The Bertz CT molecular complexity index is 523. The summed E-state index contributed by atoms with van der Waals surface area (Å²) >= 11 is 36.3. The smallest absolute Gasteiger partial charge is 0.117 e. The van der Waals surface area contributed by atoms with Crippen LogP contribution in [-0.2, 0) is 0 Å². The molecule has 0 aromatic rings. The van der Waals surface area contributed by atoms with Crippen LogP contribution in [0.5, 0.6) is 0 Å². The van der Waals surface area contributed by atoms with Gasteiger partial charge in [-0.2, -0.15) is 0 Å². The van der Waals surface area contributed by atoms with E-state index in [1.54, 1.807) is 0 Å². The molecule has 0 spiro atoms. The van der Waals surface area contributed by atoms with Gasteiger partial charge < -0.3 is 0 Å². The summed E-state index contributed by atoms with van der Waals surface area (Å²) in [5, 5.41) is 0. The lowest BCUT2D eigenvalue weighted by Crippen LogP contribution is -2.91. The van der Waals surface area contributed by atoms with Crippen LogP contribution in [0.3, 0.4) is 0 Å². The van der Waals surface area contributed by atoms with E-state index in [-0.39, 0.29) is 0 Å². The van der Waals surface area contributed by atoms with Crippen LogP contribution in [-0.4, -0.2) is 23.2 Å². The van der Waals surface area contributed by atoms with E-state index in [9.17, 15) is 0 Å². The molecule has 0 aliphatic heterocycles. The zero-order valence-electron chi connectivity index (χ0n) is 10.6. The van der Waals surface area contributed by atoms with Gasteiger partial charge >= 0.3 is 0 Å². The van der Waals surface area contributed by atoms with Gasteiger partial charge in [0.1, 0.15) is 3.78 Å². The van der Waals surface area contributed by atoms with Gasteiger partial charge in [0.2, 0.25) is 0 Å². The molecule has 10 atom stereocenters. The number of rotatable bonds is 0. The molecule has 0 heterocycles. The Morgan fingerprint density at radius 3 is 2.05 bits per heavy atom. The van der Waals surface area contributed by atoms with Gasteiger partial charge in [0, 0.05) is 4.83 Å². The summed E-state index contributed by atoms with van der Waals surface area (Å²) < 4.78 is -0.813. The van der Waals surface area contributed by atoms with Crippen molar-refractivity contribution in [2.45, 2.75) is 48.9 Å². The second-order valence-corrected chi connectivity index (χ2v) is 12.7. The predicted octanol–water partition coefficient (Wildman–Crippen LogP) is 5.72. The van der Waals surface area contributed by atoms with E-state index < -0.39 is 18.4 Å². The van der Waals surface area contributed by atoms with Gasteiger partial charge in [-0.15, -0.1) is 46.4 Å². The number of hydrogen-bond donors (Lipinski definition) is 0. The minimum absolute atomic E-state index is 0.319. The van der Waals surface area contributed by atoms with Crippen molar-refractivity contribution in [1.82, 2.24) is 0 Å². The molecule has 9 aliphatic carbocycles. The first-order valence-corrected chi connectivity index (χ1v) is 10.5. The average molecular weight is 484 g/mol. The van der Waals surface area contributed by atoms with E-state index in [0.29, 0.717) is 34.4 Å². The predicted molar refractivity (Wildman–Crippen MR) is 91.9 cm³/mol. The molecule has 0 amide bonds. The molecule has 0 saturated heterocycles. The van der Waals surface area contributed by atoms with Crippen molar-refractivity contribution in [2.75, 3.05) is 0 Å². The first kappa shape index (κ1) is 14.5. The molecule has 0 aromatic carbocycles. The van der Waals surface area contributed by atoms with Crippen LogP contribution in [0.25, 0.3) is 0 Å². The quantitative estimate of drug-likeness (QED) is 0.386. The molecule has 6 heteroatoms. The third-order valence-corrected chi connectivity index (χ3v) is 13.6. The molecule has 9 fully saturated rings. The Morgan fingerprint density at radius 2 is 1.35 bits per heavy atom. The van der Waals surface area contributed by atoms with Crippen molar-refractivity contribution in [3.05, 3.63) is 0 Å². The Balaban J connectivity index is 1.86. The van der Waals surface area contributed by atoms with Gasteiger partial charge in [0.25, 0.3) is 0 Å². The van der Waals surface area contributed by atoms with Crippen LogP contribution >= 0.6 is 78.3 Å². The Kier molecular flexibility index (Phi) is 2.67. The molecule has 20 heavy (non-hydrogen) atoms. The molecule has 9 rings (SSSR count). The standard InChI is InChI=1S/C14H14Br2Cl4/c15-10-6-2-1-5-7-8(6)11(17)3-4-12(7,18)14(16,20)13(11,19)9(5)10/h5-10H,1-4H2/t5-,6+,7?,8?,9+,10-,11+,12-,13?,14-/m1/s1. The van der Waals surface area contributed by atoms with Crippen molar-refractivity contribution in [1.29, 1.82) is 0 Å². The van der Waals surface area contributed by atoms with Crippen LogP contribution in [0.4, 0.5) is 0 Å². The molecule has 0 N–H and O–H groups in total. The SMILES string of the molecule is ClC12[C@@H]3[C@H](Br)[C@H]4CC[C@@H]3C3C4[C@@]1(Cl)CC[C@]3(Cl)[C@]2(Cl)Br. The molecule has 3 unspecified atom stereocenters. The van der Waals surface area contributed by atoms with Gasteiger partial charge in [-0.05, 0) is 55.3 Å². The highest BCUT2D eigenvalue weighted by Crippen LogP contribution is 2.87. The molecule has 9 aliphatic rings. The minimum Gasteiger partial charge on any atom is -0.117 e. The van der Waals surface area contributed by atoms with E-state index >= 15 is 0 Å². The van der Waals surface area contributed by atoms with E-state index in [4.69, 9.17) is 46.4 Å². The summed E-state index contributed by atoms with van der Waals surface area (Å²) in [4.78, 5) is -1.09. The van der Waals surface area contributed by atoms with Crippen LogP contribution < -0.4 is 0 Å². The Morgan fingerprint density at radius 1 is 0.800 bits per heavy atom. The highest BCUT2D eigenvalue weighted by atomic mass is 79.9. The fourth-order valence-electron chi connectivity index (χ4n) is 6.84. The summed E-state index contributed by atoms with van der Waals surface area (Å²) in [6.07, 6.45) is 4.24. The molecular weight excluding hydrogens is 470 g/mol. The largest absolute Gasteiger partial charge is 0.140 e. The van der Waals surface area contributed by atoms with Crippen LogP contribution in [0.15, 0.2) is 0 Å². The van der Waals surface area contributed by atoms with Crippen molar-refractivity contribution in [2.24, 2.45) is 29.6 Å². The lowest BCUT2D eigenvalue weighted by molar-refractivity contribution is -0.201. The third kappa shape index (κ3) is 1.06. The van der Waals surface area contributed by atoms with E-state index in [2.05, 4.69) is 31.9 Å². The van der Waals surface area contributed by atoms with Crippen LogP contribution in [0.2, 0.25) is 0 Å². The maximum absolute atomic E-state index is 7.28. The Hall–Kier alpha value is 2.12. The molecule has 112 valence electrons. The highest BCUT2D eigenvalue weighted by Gasteiger charge is 2.91. The first-order valence-electron chi connectivity index (χ1n) is 7.30.